The van der Waals surface area contributed by atoms with Gasteiger partial charge in [-0.05, 0) is 70.6 Å². The zero-order chi connectivity index (χ0) is 20.9. The summed E-state index contributed by atoms with van der Waals surface area (Å²) in [6.45, 7) is 9.92. The molecule has 5 nitrogen and oxygen atoms in total. The van der Waals surface area contributed by atoms with Crippen LogP contribution in [0.3, 0.4) is 0 Å². The second-order valence-corrected chi connectivity index (χ2v) is 10.9. The Morgan fingerprint density at radius 2 is 1.87 bits per heavy atom. The fourth-order valence-electron chi connectivity index (χ4n) is 7.30. The van der Waals surface area contributed by atoms with E-state index in [1.54, 1.807) is 0 Å². The van der Waals surface area contributed by atoms with E-state index in [0.717, 1.165) is 44.9 Å². The fraction of sp³-hybridized carbons (Fsp3) is 0.880. The van der Waals surface area contributed by atoms with Gasteiger partial charge in [-0.2, -0.15) is 0 Å². The molecule has 4 fully saturated rings. The molecule has 0 bridgehead atoms. The van der Waals surface area contributed by atoms with E-state index in [1.807, 2.05) is 0 Å². The Hall–Kier alpha value is -0.910. The summed E-state index contributed by atoms with van der Waals surface area (Å²) < 4.78 is 5.86. The molecule has 0 radical (unpaired) electrons. The molecule has 3 heterocycles. The summed E-state index contributed by atoms with van der Waals surface area (Å²) in [5.41, 5.74) is 1.12. The third-order valence-corrected chi connectivity index (χ3v) is 9.49. The van der Waals surface area contributed by atoms with Crippen molar-refractivity contribution >= 4 is 5.97 Å². The Bertz CT molecular complexity index is 680. The molecule has 5 heteroatoms. The van der Waals surface area contributed by atoms with Gasteiger partial charge in [-0.1, -0.05) is 31.9 Å². The maximum atomic E-state index is 12.9. The molecule has 6 atom stereocenters. The van der Waals surface area contributed by atoms with Gasteiger partial charge in [0, 0.05) is 30.3 Å². The first-order valence-corrected chi connectivity index (χ1v) is 12.5. The highest BCUT2D eigenvalue weighted by molar-refractivity contribution is 5.76. The second-order valence-electron chi connectivity index (χ2n) is 10.9. The number of aliphatic hydroxyl groups is 1. The number of ether oxygens (including phenoxy) is 1. The highest BCUT2D eigenvalue weighted by Crippen LogP contribution is 2.56. The number of allylic oxidation sites excluding steroid dienone is 1. The first-order valence-electron chi connectivity index (χ1n) is 12.5. The molecule has 5 aliphatic rings. The number of carbonyl (C=O) groups is 1. The van der Waals surface area contributed by atoms with Gasteiger partial charge in [-0.15, -0.1) is 0 Å². The first kappa shape index (κ1) is 21.0. The standard InChI is InChI=1S/C25H40N2O3/c1-17-7-6-8-18-15-21-22(23(28)25(17,18)2)20(24(29)30-21)16-26-13-9-19(10-14-26)27-11-4-3-5-12-27/h8,17,19-23,28H,3-7,9-16H2,1-2H3/t17?,20?,21-,22-,23?,25-/m1/s1. The van der Waals surface area contributed by atoms with Crippen LogP contribution in [0.5, 0.6) is 0 Å². The van der Waals surface area contributed by atoms with Crippen LogP contribution in [-0.4, -0.2) is 71.8 Å². The van der Waals surface area contributed by atoms with E-state index < -0.39 is 6.10 Å². The minimum Gasteiger partial charge on any atom is -0.461 e. The molecule has 2 aliphatic carbocycles. The normalized spacial score (nSPS) is 43.6. The lowest BCUT2D eigenvalue weighted by atomic mass is 9.55. The maximum Gasteiger partial charge on any atom is 0.311 e. The van der Waals surface area contributed by atoms with Gasteiger partial charge in [0.15, 0.2) is 0 Å². The molecule has 5 rings (SSSR count). The van der Waals surface area contributed by atoms with Crippen molar-refractivity contribution in [3.63, 3.8) is 0 Å². The van der Waals surface area contributed by atoms with Crippen LogP contribution < -0.4 is 0 Å². The van der Waals surface area contributed by atoms with Crippen LogP contribution >= 0.6 is 0 Å². The number of rotatable bonds is 3. The van der Waals surface area contributed by atoms with Crippen molar-refractivity contribution in [1.29, 1.82) is 0 Å². The van der Waals surface area contributed by atoms with Gasteiger partial charge < -0.3 is 19.6 Å². The van der Waals surface area contributed by atoms with Crippen LogP contribution in [0.2, 0.25) is 0 Å². The fourth-order valence-corrected chi connectivity index (χ4v) is 7.30. The third-order valence-electron chi connectivity index (χ3n) is 9.49. The summed E-state index contributed by atoms with van der Waals surface area (Å²) >= 11 is 0. The van der Waals surface area contributed by atoms with Crippen molar-refractivity contribution in [2.24, 2.45) is 23.2 Å². The van der Waals surface area contributed by atoms with Gasteiger partial charge in [0.25, 0.3) is 0 Å². The summed E-state index contributed by atoms with van der Waals surface area (Å²) in [7, 11) is 0. The number of esters is 1. The van der Waals surface area contributed by atoms with E-state index in [9.17, 15) is 9.90 Å². The number of aliphatic hydroxyl groups excluding tert-OH is 1. The van der Waals surface area contributed by atoms with Crippen molar-refractivity contribution in [2.75, 3.05) is 32.7 Å². The lowest BCUT2D eigenvalue weighted by molar-refractivity contribution is -0.145. The van der Waals surface area contributed by atoms with Gasteiger partial charge in [0.2, 0.25) is 0 Å². The van der Waals surface area contributed by atoms with Crippen LogP contribution in [0.15, 0.2) is 11.6 Å². The molecule has 168 valence electrons. The molecule has 30 heavy (non-hydrogen) atoms. The number of nitrogens with zero attached hydrogens (tertiary/aromatic N) is 2. The second kappa shape index (κ2) is 8.22. The van der Waals surface area contributed by atoms with Gasteiger partial charge >= 0.3 is 5.97 Å². The summed E-state index contributed by atoms with van der Waals surface area (Å²) in [5.74, 6) is 0.145. The smallest absolute Gasteiger partial charge is 0.311 e. The molecule has 3 saturated heterocycles. The van der Waals surface area contributed by atoms with E-state index in [-0.39, 0.29) is 29.3 Å². The molecule has 1 saturated carbocycles. The molecule has 0 aromatic heterocycles. The number of likely N-dealkylation sites (tertiary alicyclic amines) is 2. The van der Waals surface area contributed by atoms with E-state index in [2.05, 4.69) is 29.7 Å². The Morgan fingerprint density at radius 1 is 1.13 bits per heavy atom. The zero-order valence-electron chi connectivity index (χ0n) is 18.9. The predicted molar refractivity (Wildman–Crippen MR) is 117 cm³/mol. The Morgan fingerprint density at radius 3 is 2.60 bits per heavy atom. The molecule has 0 aromatic rings. The van der Waals surface area contributed by atoms with Crippen LogP contribution in [-0.2, 0) is 9.53 Å². The molecule has 0 amide bonds. The van der Waals surface area contributed by atoms with Crippen LogP contribution in [0.4, 0.5) is 0 Å². The van der Waals surface area contributed by atoms with Crippen LogP contribution in [0.25, 0.3) is 0 Å². The molecule has 0 aromatic carbocycles. The number of carbonyl (C=O) groups excluding carboxylic acids is 1. The van der Waals surface area contributed by atoms with Crippen LogP contribution in [0, 0.1) is 23.2 Å². The molecular formula is C25H40N2O3. The van der Waals surface area contributed by atoms with Gasteiger partial charge in [-0.3, -0.25) is 4.79 Å². The van der Waals surface area contributed by atoms with E-state index in [0.29, 0.717) is 5.92 Å². The lowest BCUT2D eigenvalue weighted by Crippen LogP contribution is -2.55. The van der Waals surface area contributed by atoms with Crippen molar-refractivity contribution in [3.8, 4) is 0 Å². The maximum absolute atomic E-state index is 12.9. The van der Waals surface area contributed by atoms with Crippen molar-refractivity contribution in [1.82, 2.24) is 9.80 Å². The molecule has 3 aliphatic heterocycles. The largest absolute Gasteiger partial charge is 0.461 e. The number of hydrogen-bond donors (Lipinski definition) is 1. The van der Waals surface area contributed by atoms with Crippen molar-refractivity contribution in [2.45, 2.75) is 83.5 Å². The Labute approximate surface area is 181 Å². The van der Waals surface area contributed by atoms with Gasteiger partial charge in [-0.25, -0.2) is 0 Å². The third kappa shape index (κ3) is 3.45. The Balaban J connectivity index is 1.25. The molecule has 3 unspecified atom stereocenters. The summed E-state index contributed by atoms with van der Waals surface area (Å²) in [6, 6.07) is 0.722. The van der Waals surface area contributed by atoms with E-state index in [4.69, 9.17) is 4.74 Å². The topological polar surface area (TPSA) is 53.0 Å². The average Bonchev–Trinajstić information content (AvgIpc) is 3.07. The highest BCUT2D eigenvalue weighted by Gasteiger charge is 2.59. The summed E-state index contributed by atoms with van der Waals surface area (Å²) in [5, 5.41) is 11.5. The quantitative estimate of drug-likeness (QED) is 0.566. The van der Waals surface area contributed by atoms with Gasteiger partial charge in [0.05, 0.1) is 12.0 Å². The number of fused-ring (bicyclic) bond motifs is 2. The monoisotopic (exact) mass is 416 g/mol. The summed E-state index contributed by atoms with van der Waals surface area (Å²) in [6.07, 6.45) is 11.2. The van der Waals surface area contributed by atoms with E-state index >= 15 is 0 Å². The molecular weight excluding hydrogens is 376 g/mol. The number of piperidine rings is 2. The predicted octanol–water partition coefficient (Wildman–Crippen LogP) is 3.22. The lowest BCUT2D eigenvalue weighted by Gasteiger charge is -2.52. The molecule has 0 spiro atoms. The van der Waals surface area contributed by atoms with E-state index in [1.165, 1.54) is 50.8 Å². The van der Waals surface area contributed by atoms with Crippen molar-refractivity contribution in [3.05, 3.63) is 11.6 Å². The highest BCUT2D eigenvalue weighted by atomic mass is 16.6. The number of hydrogen-bond acceptors (Lipinski definition) is 5. The van der Waals surface area contributed by atoms with Crippen molar-refractivity contribution < 1.29 is 14.6 Å². The van der Waals surface area contributed by atoms with Gasteiger partial charge in [0.1, 0.15) is 6.10 Å². The zero-order valence-corrected chi connectivity index (χ0v) is 18.9. The minimum absolute atomic E-state index is 0.0555. The van der Waals surface area contributed by atoms with Crippen LogP contribution in [0.1, 0.15) is 65.2 Å². The Kier molecular flexibility index (Phi) is 5.74. The average molecular weight is 417 g/mol. The molecule has 1 N–H and O–H groups in total. The minimum atomic E-state index is -0.486. The SMILES string of the molecule is CC1CCC=C2C[C@H]3OC(=O)C(CN4CCC(N5CCCCC5)CC4)[C@H]3C(O)[C@@]21C. The first-order chi connectivity index (χ1) is 14.5. The summed E-state index contributed by atoms with van der Waals surface area (Å²) in [4.78, 5) is 18.0.